The number of nitrogens with zero attached hydrogens (tertiary/aromatic N) is 4. The van der Waals surface area contributed by atoms with Crippen LogP contribution in [0.15, 0.2) is 60.2 Å². The van der Waals surface area contributed by atoms with Crippen LogP contribution in [0, 0.1) is 0 Å². The van der Waals surface area contributed by atoms with Crippen molar-refractivity contribution >= 4 is 22.3 Å². The van der Waals surface area contributed by atoms with Gasteiger partial charge in [-0.3, -0.25) is 4.90 Å². The highest BCUT2D eigenvalue weighted by Gasteiger charge is 2.13. The maximum atomic E-state index is 4.40. The first-order chi connectivity index (χ1) is 9.43. The van der Waals surface area contributed by atoms with E-state index in [4.69, 9.17) is 0 Å². The molecule has 0 atom stereocenters. The molecule has 94 valence electrons. The molecule has 5 heteroatoms. The van der Waals surface area contributed by atoms with Crippen molar-refractivity contribution in [2.24, 2.45) is 0 Å². The highest BCUT2D eigenvalue weighted by Crippen LogP contribution is 2.26. The quantitative estimate of drug-likeness (QED) is 0.728. The van der Waals surface area contributed by atoms with Gasteiger partial charge in [0, 0.05) is 6.20 Å². The lowest BCUT2D eigenvalue weighted by Gasteiger charge is -2.20. The summed E-state index contributed by atoms with van der Waals surface area (Å²) >= 11 is 1.51. The van der Waals surface area contributed by atoms with Gasteiger partial charge in [-0.15, -0.1) is 10.2 Å². The molecule has 19 heavy (non-hydrogen) atoms. The van der Waals surface area contributed by atoms with E-state index >= 15 is 0 Å². The number of hydrogen-bond acceptors (Lipinski definition) is 5. The molecular formula is C14H12N4S. The fourth-order valence-corrected chi connectivity index (χ4v) is 2.38. The van der Waals surface area contributed by atoms with Gasteiger partial charge in [0.1, 0.15) is 11.3 Å². The molecule has 3 aromatic rings. The van der Waals surface area contributed by atoms with Gasteiger partial charge in [0.05, 0.1) is 6.54 Å². The number of aromatic nitrogens is 3. The standard InChI is InChI=1S/C14H12N4S/c1-2-6-12(7-3-1)10-18(14-17-16-11-19-14)13-8-4-5-9-15-13/h1-9,11H,10H2. The Morgan fingerprint density at radius 3 is 2.53 bits per heavy atom. The number of anilines is 2. The number of hydrogen-bond donors (Lipinski definition) is 0. The molecule has 0 aliphatic heterocycles. The minimum absolute atomic E-state index is 0.729. The molecule has 0 aliphatic carbocycles. The third-order valence-corrected chi connectivity index (χ3v) is 3.40. The number of rotatable bonds is 4. The minimum Gasteiger partial charge on any atom is -0.296 e. The summed E-state index contributed by atoms with van der Waals surface area (Å²) in [6.07, 6.45) is 1.79. The van der Waals surface area contributed by atoms with E-state index in [1.54, 1.807) is 11.7 Å². The minimum atomic E-state index is 0.729. The first-order valence-corrected chi connectivity index (χ1v) is 6.80. The summed E-state index contributed by atoms with van der Waals surface area (Å²) in [5, 5.41) is 8.90. The van der Waals surface area contributed by atoms with Crippen LogP contribution in [0.1, 0.15) is 5.56 Å². The maximum Gasteiger partial charge on any atom is 0.213 e. The molecule has 0 radical (unpaired) electrons. The lowest BCUT2D eigenvalue weighted by molar-refractivity contribution is 0.916. The van der Waals surface area contributed by atoms with Crippen LogP contribution < -0.4 is 4.90 Å². The predicted octanol–water partition coefficient (Wildman–Crippen LogP) is 3.27. The van der Waals surface area contributed by atoms with Crippen LogP contribution in [-0.2, 0) is 6.54 Å². The smallest absolute Gasteiger partial charge is 0.213 e. The molecule has 0 bridgehead atoms. The van der Waals surface area contributed by atoms with E-state index in [0.717, 1.165) is 17.5 Å². The Hall–Kier alpha value is -2.27. The first-order valence-electron chi connectivity index (χ1n) is 5.92. The Morgan fingerprint density at radius 2 is 1.84 bits per heavy atom. The van der Waals surface area contributed by atoms with Gasteiger partial charge < -0.3 is 0 Å². The average molecular weight is 268 g/mol. The summed E-state index contributed by atoms with van der Waals surface area (Å²) < 4.78 is 0. The van der Waals surface area contributed by atoms with Gasteiger partial charge in [0.15, 0.2) is 0 Å². The summed E-state index contributed by atoms with van der Waals surface area (Å²) in [4.78, 5) is 6.46. The molecule has 0 N–H and O–H groups in total. The fraction of sp³-hybridized carbons (Fsp3) is 0.0714. The van der Waals surface area contributed by atoms with Gasteiger partial charge in [-0.25, -0.2) is 4.98 Å². The van der Waals surface area contributed by atoms with E-state index in [2.05, 4.69) is 32.2 Å². The third-order valence-electron chi connectivity index (χ3n) is 2.69. The van der Waals surface area contributed by atoms with E-state index in [0.29, 0.717) is 0 Å². The summed E-state index contributed by atoms with van der Waals surface area (Å²) in [6.45, 7) is 0.729. The number of pyridine rings is 1. The van der Waals surface area contributed by atoms with Crippen LogP contribution in [0.3, 0.4) is 0 Å². The first kappa shape index (κ1) is 11.8. The predicted molar refractivity (Wildman–Crippen MR) is 76.4 cm³/mol. The maximum absolute atomic E-state index is 4.40. The van der Waals surface area contributed by atoms with Crippen LogP contribution in [0.5, 0.6) is 0 Å². The Labute approximate surface area is 115 Å². The van der Waals surface area contributed by atoms with Gasteiger partial charge in [-0.05, 0) is 17.7 Å². The van der Waals surface area contributed by atoms with Crippen molar-refractivity contribution in [2.45, 2.75) is 6.54 Å². The number of benzene rings is 1. The van der Waals surface area contributed by atoms with Crippen molar-refractivity contribution in [1.82, 2.24) is 15.2 Å². The molecule has 0 amide bonds. The molecule has 0 fully saturated rings. The van der Waals surface area contributed by atoms with Crippen LogP contribution in [0.4, 0.5) is 10.9 Å². The normalized spacial score (nSPS) is 10.3. The average Bonchev–Trinajstić information content (AvgIpc) is 3.01. The third kappa shape index (κ3) is 2.77. The zero-order valence-corrected chi connectivity index (χ0v) is 11.0. The van der Waals surface area contributed by atoms with Crippen LogP contribution in [0.25, 0.3) is 0 Å². The topological polar surface area (TPSA) is 41.9 Å². The molecule has 2 heterocycles. The molecule has 0 unspecified atom stereocenters. The molecule has 2 aromatic heterocycles. The van der Waals surface area contributed by atoms with Gasteiger partial charge in [-0.1, -0.05) is 47.7 Å². The summed E-state index contributed by atoms with van der Waals surface area (Å²) in [7, 11) is 0. The van der Waals surface area contributed by atoms with Crippen molar-refractivity contribution in [2.75, 3.05) is 4.90 Å². The van der Waals surface area contributed by atoms with Crippen molar-refractivity contribution < 1.29 is 0 Å². The van der Waals surface area contributed by atoms with E-state index in [1.807, 2.05) is 36.4 Å². The summed E-state index contributed by atoms with van der Waals surface area (Å²) in [6, 6.07) is 16.1. The molecule has 0 saturated carbocycles. The van der Waals surface area contributed by atoms with Crippen LogP contribution in [0.2, 0.25) is 0 Å². The largest absolute Gasteiger partial charge is 0.296 e. The summed E-state index contributed by atoms with van der Waals surface area (Å²) in [5.41, 5.74) is 2.94. The highest BCUT2D eigenvalue weighted by molar-refractivity contribution is 7.13. The Morgan fingerprint density at radius 1 is 1.00 bits per heavy atom. The zero-order chi connectivity index (χ0) is 12.9. The fourth-order valence-electron chi connectivity index (χ4n) is 1.81. The van der Waals surface area contributed by atoms with Crippen LogP contribution in [-0.4, -0.2) is 15.2 Å². The molecule has 4 nitrogen and oxygen atoms in total. The SMILES string of the molecule is c1ccc(CN(c2ccccn2)c2nncs2)cc1. The molecule has 0 aliphatic rings. The highest BCUT2D eigenvalue weighted by atomic mass is 32.1. The Bertz CT molecular complexity index is 610. The monoisotopic (exact) mass is 268 g/mol. The summed E-state index contributed by atoms with van der Waals surface area (Å²) in [5.74, 6) is 0.878. The molecule has 3 rings (SSSR count). The van der Waals surface area contributed by atoms with E-state index in [-0.39, 0.29) is 0 Å². The van der Waals surface area contributed by atoms with Crippen LogP contribution >= 0.6 is 11.3 Å². The molecule has 1 aromatic carbocycles. The van der Waals surface area contributed by atoms with Gasteiger partial charge in [0.25, 0.3) is 0 Å². The van der Waals surface area contributed by atoms with Crippen molar-refractivity contribution in [3.05, 3.63) is 65.8 Å². The Kier molecular flexibility index (Phi) is 3.47. The van der Waals surface area contributed by atoms with E-state index in [1.165, 1.54) is 16.9 Å². The van der Waals surface area contributed by atoms with Crippen molar-refractivity contribution in [3.63, 3.8) is 0 Å². The molecular weight excluding hydrogens is 256 g/mol. The van der Waals surface area contributed by atoms with Gasteiger partial charge >= 0.3 is 0 Å². The second kappa shape index (κ2) is 5.58. The van der Waals surface area contributed by atoms with E-state index in [9.17, 15) is 0 Å². The van der Waals surface area contributed by atoms with Crippen molar-refractivity contribution in [3.8, 4) is 0 Å². The molecule has 0 saturated heterocycles. The zero-order valence-electron chi connectivity index (χ0n) is 10.2. The lowest BCUT2D eigenvalue weighted by atomic mass is 10.2. The second-order valence-corrected chi connectivity index (χ2v) is 4.79. The molecule has 0 spiro atoms. The Balaban J connectivity index is 1.94. The van der Waals surface area contributed by atoms with E-state index < -0.39 is 0 Å². The van der Waals surface area contributed by atoms with Gasteiger partial charge in [0.2, 0.25) is 5.13 Å². The van der Waals surface area contributed by atoms with Crippen molar-refractivity contribution in [1.29, 1.82) is 0 Å². The second-order valence-electron chi connectivity index (χ2n) is 3.98. The van der Waals surface area contributed by atoms with Gasteiger partial charge in [-0.2, -0.15) is 0 Å². The lowest BCUT2D eigenvalue weighted by Crippen LogP contribution is -2.17.